The summed E-state index contributed by atoms with van der Waals surface area (Å²) in [4.78, 5) is 21.2. The Hall–Kier alpha value is -2.40. The highest BCUT2D eigenvalue weighted by Crippen LogP contribution is 2.16. The zero-order valence-corrected chi connectivity index (χ0v) is 14.3. The zero-order valence-electron chi connectivity index (χ0n) is 14.3. The van der Waals surface area contributed by atoms with Crippen LogP contribution in [0.4, 0.5) is 11.5 Å². The van der Waals surface area contributed by atoms with E-state index < -0.39 is 0 Å². The van der Waals surface area contributed by atoms with Crippen LogP contribution in [-0.4, -0.2) is 48.0 Å². The molecule has 5 heteroatoms. The molecule has 24 heavy (non-hydrogen) atoms. The van der Waals surface area contributed by atoms with E-state index in [0.29, 0.717) is 12.6 Å². The van der Waals surface area contributed by atoms with Gasteiger partial charge >= 0.3 is 0 Å². The summed E-state index contributed by atoms with van der Waals surface area (Å²) in [6.45, 7) is 7.24. The van der Waals surface area contributed by atoms with Crippen molar-refractivity contribution < 1.29 is 4.79 Å². The Balaban J connectivity index is 1.54. The van der Waals surface area contributed by atoms with Gasteiger partial charge in [-0.3, -0.25) is 9.69 Å². The van der Waals surface area contributed by atoms with Crippen LogP contribution in [0, 0.1) is 6.92 Å². The van der Waals surface area contributed by atoms with Crippen LogP contribution in [0.5, 0.6) is 0 Å². The number of aromatic nitrogens is 1. The van der Waals surface area contributed by atoms with Crippen molar-refractivity contribution in [3.05, 3.63) is 54.2 Å². The smallest absolute Gasteiger partial charge is 0.238 e. The monoisotopic (exact) mass is 324 g/mol. The minimum absolute atomic E-state index is 0.0405. The molecule has 2 aromatic rings. The number of anilines is 2. The first kappa shape index (κ1) is 16.5. The van der Waals surface area contributed by atoms with E-state index in [4.69, 9.17) is 0 Å². The van der Waals surface area contributed by atoms with Gasteiger partial charge in [0.1, 0.15) is 5.82 Å². The third-order valence-corrected chi connectivity index (χ3v) is 4.39. The van der Waals surface area contributed by atoms with E-state index >= 15 is 0 Å². The maximum Gasteiger partial charge on any atom is 0.238 e. The van der Waals surface area contributed by atoms with Crippen LogP contribution in [0.15, 0.2) is 48.7 Å². The highest BCUT2D eigenvalue weighted by Gasteiger charge is 2.25. The summed E-state index contributed by atoms with van der Waals surface area (Å²) in [6, 6.07) is 14.2. The number of benzene rings is 1. The van der Waals surface area contributed by atoms with Crippen molar-refractivity contribution >= 4 is 17.4 Å². The van der Waals surface area contributed by atoms with E-state index in [0.717, 1.165) is 36.7 Å². The normalized spacial score (nSPS) is 18.4. The Labute approximate surface area is 143 Å². The van der Waals surface area contributed by atoms with E-state index in [2.05, 4.69) is 27.0 Å². The lowest BCUT2D eigenvalue weighted by atomic mass is 10.2. The number of rotatable bonds is 4. The Kier molecular flexibility index (Phi) is 5.11. The number of pyridine rings is 1. The molecule has 1 aliphatic rings. The molecule has 1 atom stereocenters. The molecule has 3 rings (SSSR count). The minimum Gasteiger partial charge on any atom is -0.354 e. The molecule has 126 valence electrons. The van der Waals surface area contributed by atoms with Gasteiger partial charge in [0.05, 0.1) is 6.54 Å². The van der Waals surface area contributed by atoms with E-state index in [1.54, 1.807) is 0 Å². The second kappa shape index (κ2) is 7.45. The highest BCUT2D eigenvalue weighted by atomic mass is 16.2. The first-order valence-corrected chi connectivity index (χ1v) is 8.38. The predicted octanol–water partition coefficient (Wildman–Crippen LogP) is 2.54. The quantitative estimate of drug-likeness (QED) is 0.939. The fraction of sp³-hybridized carbons (Fsp3) is 0.368. The molecular formula is C19H24N4O. The minimum atomic E-state index is 0.0405. The number of piperazine rings is 1. The third kappa shape index (κ3) is 4.11. The maximum absolute atomic E-state index is 12.3. The molecule has 0 spiro atoms. The van der Waals surface area contributed by atoms with E-state index in [-0.39, 0.29) is 5.91 Å². The largest absolute Gasteiger partial charge is 0.354 e. The average Bonchev–Trinajstić information content (AvgIpc) is 2.57. The molecular weight excluding hydrogens is 300 g/mol. The van der Waals surface area contributed by atoms with Crippen molar-refractivity contribution in [2.24, 2.45) is 0 Å². The Morgan fingerprint density at radius 2 is 2.12 bits per heavy atom. The lowest BCUT2D eigenvalue weighted by Crippen LogP contribution is -2.54. The number of aryl methyl sites for hydroxylation is 1. The summed E-state index contributed by atoms with van der Waals surface area (Å²) in [7, 11) is 0. The van der Waals surface area contributed by atoms with Crippen LogP contribution in [0.1, 0.15) is 12.5 Å². The second-order valence-electron chi connectivity index (χ2n) is 6.37. The average molecular weight is 324 g/mol. The first-order valence-electron chi connectivity index (χ1n) is 8.38. The molecule has 0 aliphatic carbocycles. The van der Waals surface area contributed by atoms with Gasteiger partial charge in [0.25, 0.3) is 0 Å². The van der Waals surface area contributed by atoms with Gasteiger partial charge in [-0.1, -0.05) is 18.2 Å². The molecule has 5 nitrogen and oxygen atoms in total. The summed E-state index contributed by atoms with van der Waals surface area (Å²) in [5.74, 6) is 1.05. The molecule has 1 aliphatic heterocycles. The number of hydrogen-bond donors (Lipinski definition) is 1. The van der Waals surface area contributed by atoms with Gasteiger partial charge in [-0.2, -0.15) is 0 Å². The standard InChI is InChI=1S/C19H24N4O/c1-15-6-5-7-17(12-15)21-19(24)14-22-10-11-23(13-16(22)2)18-8-3-4-9-20-18/h3-9,12,16H,10-11,13-14H2,1-2H3,(H,21,24)/t16-/m1/s1. The van der Waals surface area contributed by atoms with Crippen LogP contribution in [0.25, 0.3) is 0 Å². The van der Waals surface area contributed by atoms with Crippen molar-refractivity contribution in [1.82, 2.24) is 9.88 Å². The summed E-state index contributed by atoms with van der Waals surface area (Å²) in [6.07, 6.45) is 1.82. The second-order valence-corrected chi connectivity index (χ2v) is 6.37. The molecule has 2 heterocycles. The zero-order chi connectivity index (χ0) is 16.9. The number of nitrogens with one attached hydrogen (secondary N) is 1. The van der Waals surface area contributed by atoms with Gasteiger partial charge < -0.3 is 10.2 Å². The Morgan fingerprint density at radius 1 is 1.25 bits per heavy atom. The maximum atomic E-state index is 12.3. The van der Waals surface area contributed by atoms with Crippen LogP contribution in [-0.2, 0) is 4.79 Å². The van der Waals surface area contributed by atoms with Crippen molar-refractivity contribution in [2.75, 3.05) is 36.4 Å². The van der Waals surface area contributed by atoms with Gasteiger partial charge in [-0.15, -0.1) is 0 Å². The van der Waals surface area contributed by atoms with Crippen LogP contribution >= 0.6 is 0 Å². The molecule has 1 N–H and O–H groups in total. The number of carbonyl (C=O) groups excluding carboxylic acids is 1. The summed E-state index contributed by atoms with van der Waals surface area (Å²) >= 11 is 0. The Bertz CT molecular complexity index is 689. The highest BCUT2D eigenvalue weighted by molar-refractivity contribution is 5.92. The van der Waals surface area contributed by atoms with Crippen molar-refractivity contribution in [3.8, 4) is 0 Å². The van der Waals surface area contributed by atoms with Crippen LogP contribution in [0.2, 0.25) is 0 Å². The molecule has 0 bridgehead atoms. The van der Waals surface area contributed by atoms with E-state index in [1.165, 1.54) is 0 Å². The third-order valence-electron chi connectivity index (χ3n) is 4.39. The molecule has 1 aromatic heterocycles. The molecule has 1 amide bonds. The molecule has 1 fully saturated rings. The van der Waals surface area contributed by atoms with Gasteiger partial charge in [0.2, 0.25) is 5.91 Å². The number of hydrogen-bond acceptors (Lipinski definition) is 4. The van der Waals surface area contributed by atoms with Crippen molar-refractivity contribution in [2.45, 2.75) is 19.9 Å². The number of carbonyl (C=O) groups is 1. The summed E-state index contributed by atoms with van der Waals surface area (Å²) < 4.78 is 0. The van der Waals surface area contributed by atoms with Gasteiger partial charge in [0, 0.05) is 37.6 Å². The van der Waals surface area contributed by atoms with Crippen molar-refractivity contribution in [1.29, 1.82) is 0 Å². The van der Waals surface area contributed by atoms with Crippen LogP contribution in [0.3, 0.4) is 0 Å². The lowest BCUT2D eigenvalue weighted by Gasteiger charge is -2.40. The fourth-order valence-electron chi connectivity index (χ4n) is 3.09. The van der Waals surface area contributed by atoms with Gasteiger partial charge in [-0.05, 0) is 43.7 Å². The van der Waals surface area contributed by atoms with Crippen LogP contribution < -0.4 is 10.2 Å². The van der Waals surface area contributed by atoms with Gasteiger partial charge in [-0.25, -0.2) is 4.98 Å². The molecule has 0 unspecified atom stereocenters. The summed E-state index contributed by atoms with van der Waals surface area (Å²) in [5, 5.41) is 2.99. The van der Waals surface area contributed by atoms with Gasteiger partial charge in [0.15, 0.2) is 0 Å². The molecule has 1 saturated heterocycles. The topological polar surface area (TPSA) is 48.5 Å². The molecule has 1 aromatic carbocycles. The molecule has 0 radical (unpaired) electrons. The van der Waals surface area contributed by atoms with E-state index in [9.17, 15) is 4.79 Å². The van der Waals surface area contributed by atoms with Crippen molar-refractivity contribution in [3.63, 3.8) is 0 Å². The first-order chi connectivity index (χ1) is 11.6. The number of amides is 1. The molecule has 0 saturated carbocycles. The van der Waals surface area contributed by atoms with E-state index in [1.807, 2.05) is 55.6 Å². The predicted molar refractivity (Wildman–Crippen MR) is 97.3 cm³/mol. The fourth-order valence-corrected chi connectivity index (χ4v) is 3.09. The number of nitrogens with zero attached hydrogens (tertiary/aromatic N) is 3. The lowest BCUT2D eigenvalue weighted by molar-refractivity contribution is -0.117. The SMILES string of the molecule is Cc1cccc(NC(=O)CN2CCN(c3ccccn3)C[C@H]2C)c1. The Morgan fingerprint density at radius 3 is 2.83 bits per heavy atom. The summed E-state index contributed by atoms with van der Waals surface area (Å²) in [5.41, 5.74) is 2.00.